The Morgan fingerprint density at radius 3 is 2.93 bits per heavy atom. The third-order valence-electron chi connectivity index (χ3n) is 2.81. The third-order valence-corrected chi connectivity index (χ3v) is 5.38. The average Bonchev–Trinajstić information content (AvgIpc) is 2.78. The topological polar surface area (TPSA) is 37.8 Å². The molecule has 2 aliphatic rings. The third kappa shape index (κ3) is 2.52. The quantitative estimate of drug-likeness (QED) is 0.878. The van der Waals surface area contributed by atoms with Crippen molar-refractivity contribution in [2.45, 2.75) is 43.5 Å². The standard InChI is InChI=1S/C10H15N3S2/c1-2-8(14-5-1)10-13-12-9(15-10)6-11-7-3-4-7/h7-8,11H,1-6H2. The molecule has 1 unspecified atom stereocenters. The highest BCUT2D eigenvalue weighted by Gasteiger charge is 2.23. The molecule has 1 aromatic heterocycles. The van der Waals surface area contributed by atoms with Gasteiger partial charge in [-0.25, -0.2) is 0 Å². The lowest BCUT2D eigenvalue weighted by molar-refractivity contribution is 0.677. The second kappa shape index (κ2) is 4.39. The molecular formula is C10H15N3S2. The van der Waals surface area contributed by atoms with Gasteiger partial charge in [-0.1, -0.05) is 11.3 Å². The molecule has 1 aliphatic carbocycles. The maximum atomic E-state index is 4.30. The van der Waals surface area contributed by atoms with Crippen molar-refractivity contribution < 1.29 is 0 Å². The molecule has 3 nitrogen and oxygen atoms in total. The van der Waals surface area contributed by atoms with E-state index in [4.69, 9.17) is 0 Å². The van der Waals surface area contributed by atoms with E-state index in [-0.39, 0.29) is 0 Å². The first-order chi connectivity index (χ1) is 7.42. The van der Waals surface area contributed by atoms with Crippen LogP contribution in [0, 0.1) is 0 Å². The number of nitrogens with one attached hydrogen (secondary N) is 1. The SMILES string of the molecule is C1CSC(c2nnc(CNC3CC3)s2)C1. The Morgan fingerprint density at radius 1 is 1.27 bits per heavy atom. The van der Waals surface area contributed by atoms with Crippen molar-refractivity contribution in [1.82, 2.24) is 15.5 Å². The molecule has 15 heavy (non-hydrogen) atoms. The zero-order chi connectivity index (χ0) is 10.1. The Labute approximate surface area is 98.1 Å². The minimum atomic E-state index is 0.636. The van der Waals surface area contributed by atoms with E-state index in [9.17, 15) is 0 Å². The maximum Gasteiger partial charge on any atom is 0.131 e. The molecule has 1 N–H and O–H groups in total. The van der Waals surface area contributed by atoms with Gasteiger partial charge in [0.1, 0.15) is 10.0 Å². The minimum Gasteiger partial charge on any atom is -0.308 e. The Balaban J connectivity index is 1.59. The van der Waals surface area contributed by atoms with Crippen LogP contribution >= 0.6 is 23.1 Å². The highest BCUT2D eigenvalue weighted by molar-refractivity contribution is 7.99. The van der Waals surface area contributed by atoms with E-state index in [1.807, 2.05) is 11.8 Å². The molecule has 82 valence electrons. The summed E-state index contributed by atoms with van der Waals surface area (Å²) in [5.74, 6) is 1.29. The summed E-state index contributed by atoms with van der Waals surface area (Å²) in [6.07, 6.45) is 5.30. The van der Waals surface area contributed by atoms with Crippen LogP contribution in [-0.2, 0) is 6.54 Å². The highest BCUT2D eigenvalue weighted by Crippen LogP contribution is 2.40. The van der Waals surface area contributed by atoms with Crippen LogP contribution in [0.15, 0.2) is 0 Å². The second-order valence-electron chi connectivity index (χ2n) is 4.19. The normalized spacial score (nSPS) is 26.0. The van der Waals surface area contributed by atoms with Crippen LogP contribution in [0.1, 0.15) is 40.9 Å². The van der Waals surface area contributed by atoms with Gasteiger partial charge in [0.05, 0.1) is 5.25 Å². The highest BCUT2D eigenvalue weighted by atomic mass is 32.2. The zero-order valence-corrected chi connectivity index (χ0v) is 10.2. The van der Waals surface area contributed by atoms with Crippen molar-refractivity contribution in [3.63, 3.8) is 0 Å². The number of rotatable bonds is 4. The second-order valence-corrected chi connectivity index (χ2v) is 6.60. The van der Waals surface area contributed by atoms with E-state index in [1.54, 1.807) is 11.3 Å². The van der Waals surface area contributed by atoms with Gasteiger partial charge in [0, 0.05) is 12.6 Å². The van der Waals surface area contributed by atoms with Crippen LogP contribution in [0.2, 0.25) is 0 Å². The Kier molecular flexibility index (Phi) is 2.94. The molecule has 3 rings (SSSR count). The molecule has 0 aromatic carbocycles. The van der Waals surface area contributed by atoms with E-state index in [0.717, 1.165) is 17.6 Å². The largest absolute Gasteiger partial charge is 0.308 e. The molecule has 1 aliphatic heterocycles. The lowest BCUT2D eigenvalue weighted by atomic mass is 10.3. The summed E-state index contributed by atoms with van der Waals surface area (Å²) in [7, 11) is 0. The van der Waals surface area contributed by atoms with Gasteiger partial charge in [-0.3, -0.25) is 0 Å². The molecule has 1 saturated carbocycles. The van der Waals surface area contributed by atoms with Crippen LogP contribution in [0.5, 0.6) is 0 Å². The molecule has 1 atom stereocenters. The van der Waals surface area contributed by atoms with E-state index in [2.05, 4.69) is 15.5 Å². The number of hydrogen-bond acceptors (Lipinski definition) is 5. The predicted octanol–water partition coefficient (Wildman–Crippen LogP) is 2.36. The van der Waals surface area contributed by atoms with Gasteiger partial charge in [-0.15, -0.1) is 10.2 Å². The van der Waals surface area contributed by atoms with Crippen molar-refractivity contribution in [1.29, 1.82) is 0 Å². The summed E-state index contributed by atoms with van der Waals surface area (Å²) < 4.78 is 0. The first-order valence-corrected chi connectivity index (χ1v) is 7.45. The summed E-state index contributed by atoms with van der Waals surface area (Å²) in [5, 5.41) is 15.1. The van der Waals surface area contributed by atoms with Gasteiger partial charge < -0.3 is 5.32 Å². The van der Waals surface area contributed by atoms with Crippen molar-refractivity contribution >= 4 is 23.1 Å². The molecule has 0 spiro atoms. The lowest BCUT2D eigenvalue weighted by Crippen LogP contribution is -2.14. The molecule has 2 fully saturated rings. The van der Waals surface area contributed by atoms with Crippen molar-refractivity contribution in [3.05, 3.63) is 10.0 Å². The van der Waals surface area contributed by atoms with Gasteiger partial charge in [0.2, 0.25) is 0 Å². The predicted molar refractivity (Wildman–Crippen MR) is 64.2 cm³/mol. The minimum absolute atomic E-state index is 0.636. The monoisotopic (exact) mass is 241 g/mol. The van der Waals surface area contributed by atoms with Crippen molar-refractivity contribution in [2.24, 2.45) is 0 Å². The molecule has 0 bridgehead atoms. The maximum absolute atomic E-state index is 4.30. The van der Waals surface area contributed by atoms with Gasteiger partial charge in [0.15, 0.2) is 0 Å². The van der Waals surface area contributed by atoms with Crippen LogP contribution in [0.3, 0.4) is 0 Å². The van der Waals surface area contributed by atoms with Crippen LogP contribution in [0.25, 0.3) is 0 Å². The fourth-order valence-corrected chi connectivity index (χ4v) is 4.06. The smallest absolute Gasteiger partial charge is 0.131 e. The molecule has 1 aromatic rings. The van der Waals surface area contributed by atoms with E-state index in [0.29, 0.717) is 5.25 Å². The van der Waals surface area contributed by atoms with Gasteiger partial charge in [-0.2, -0.15) is 11.8 Å². The van der Waals surface area contributed by atoms with Crippen molar-refractivity contribution in [2.75, 3.05) is 5.75 Å². The zero-order valence-electron chi connectivity index (χ0n) is 8.61. The summed E-state index contributed by atoms with van der Waals surface area (Å²) in [4.78, 5) is 0. The molecule has 0 radical (unpaired) electrons. The van der Waals surface area contributed by atoms with E-state index >= 15 is 0 Å². The molecule has 0 amide bonds. The molecule has 1 saturated heterocycles. The van der Waals surface area contributed by atoms with Crippen LogP contribution in [0.4, 0.5) is 0 Å². The number of nitrogens with zero attached hydrogens (tertiary/aromatic N) is 2. The summed E-state index contributed by atoms with van der Waals surface area (Å²) >= 11 is 3.83. The van der Waals surface area contributed by atoms with Gasteiger partial charge >= 0.3 is 0 Å². The number of thioether (sulfide) groups is 1. The summed E-state index contributed by atoms with van der Waals surface area (Å²) in [6, 6.07) is 0.762. The van der Waals surface area contributed by atoms with E-state index in [1.165, 1.54) is 36.4 Å². The number of aromatic nitrogens is 2. The van der Waals surface area contributed by atoms with Crippen molar-refractivity contribution in [3.8, 4) is 0 Å². The summed E-state index contributed by atoms with van der Waals surface area (Å²) in [5.41, 5.74) is 0. The van der Waals surface area contributed by atoms with E-state index < -0.39 is 0 Å². The van der Waals surface area contributed by atoms with Gasteiger partial charge in [-0.05, 0) is 31.4 Å². The van der Waals surface area contributed by atoms with Crippen LogP contribution in [-0.4, -0.2) is 22.0 Å². The van der Waals surface area contributed by atoms with Gasteiger partial charge in [0.25, 0.3) is 0 Å². The fraction of sp³-hybridized carbons (Fsp3) is 0.800. The summed E-state index contributed by atoms with van der Waals surface area (Å²) in [6.45, 7) is 0.916. The first kappa shape index (κ1) is 10.1. The lowest BCUT2D eigenvalue weighted by Gasteiger charge is -2.00. The Bertz CT molecular complexity index is 329. The molecule has 5 heteroatoms. The Morgan fingerprint density at radius 2 is 2.20 bits per heavy atom. The molecular weight excluding hydrogens is 226 g/mol. The Hall–Kier alpha value is -0.130. The average molecular weight is 241 g/mol. The number of hydrogen-bond donors (Lipinski definition) is 1. The molecule has 2 heterocycles. The first-order valence-electron chi connectivity index (χ1n) is 5.59. The van der Waals surface area contributed by atoms with Crippen LogP contribution < -0.4 is 5.32 Å². The fourth-order valence-electron chi connectivity index (χ4n) is 1.76.